The van der Waals surface area contributed by atoms with Crippen LogP contribution in [-0.4, -0.2) is 59.3 Å². The Morgan fingerprint density at radius 1 is 1.15 bits per heavy atom. The van der Waals surface area contributed by atoms with Crippen LogP contribution in [-0.2, 0) is 15.9 Å². The zero-order chi connectivity index (χ0) is 17.7. The minimum atomic E-state index is 0. The van der Waals surface area contributed by atoms with Crippen LogP contribution in [0, 0.1) is 0 Å². The molecule has 0 amide bonds. The van der Waals surface area contributed by atoms with Crippen molar-refractivity contribution in [3.05, 3.63) is 23.8 Å². The molecule has 0 unspecified atom stereocenters. The van der Waals surface area contributed by atoms with E-state index in [1.165, 1.54) is 5.56 Å². The van der Waals surface area contributed by atoms with Crippen molar-refractivity contribution in [1.82, 2.24) is 10.6 Å². The fourth-order valence-corrected chi connectivity index (χ4v) is 2.37. The third kappa shape index (κ3) is 8.41. The summed E-state index contributed by atoms with van der Waals surface area (Å²) in [4.78, 5) is 4.56. The Labute approximate surface area is 172 Å². The Hall–Kier alpha value is -1.26. The second-order valence-electron chi connectivity index (χ2n) is 5.58. The van der Waals surface area contributed by atoms with Crippen molar-refractivity contribution < 1.29 is 18.9 Å². The molecule has 0 fully saturated rings. The third-order valence-electron chi connectivity index (χ3n) is 3.64. The molecule has 1 aromatic carbocycles. The van der Waals surface area contributed by atoms with Crippen molar-refractivity contribution in [3.63, 3.8) is 0 Å². The summed E-state index contributed by atoms with van der Waals surface area (Å²) in [5.41, 5.74) is 1.21. The van der Waals surface area contributed by atoms with Gasteiger partial charge in [-0.25, -0.2) is 0 Å². The van der Waals surface area contributed by atoms with Gasteiger partial charge in [-0.05, 0) is 37.5 Å². The number of aliphatic imine (C=N–C) groups is 1. The van der Waals surface area contributed by atoms with Crippen LogP contribution in [0.1, 0.15) is 18.9 Å². The molecule has 1 aliphatic heterocycles. The fourth-order valence-electron chi connectivity index (χ4n) is 2.37. The summed E-state index contributed by atoms with van der Waals surface area (Å²) in [5.74, 6) is 2.48. The first-order valence-corrected chi connectivity index (χ1v) is 8.81. The van der Waals surface area contributed by atoms with Gasteiger partial charge in [0.25, 0.3) is 0 Å². The number of hydrogen-bond acceptors (Lipinski definition) is 5. The third-order valence-corrected chi connectivity index (χ3v) is 3.64. The van der Waals surface area contributed by atoms with Crippen LogP contribution in [0.25, 0.3) is 0 Å². The Morgan fingerprint density at radius 3 is 2.81 bits per heavy atom. The molecule has 0 saturated heterocycles. The Bertz CT molecular complexity index is 543. The van der Waals surface area contributed by atoms with E-state index >= 15 is 0 Å². The standard InChI is InChI=1S/C18H29N3O4.HI/c1-3-19-18(20-8-4-10-23-12-11-22-2)21-9-7-15-5-6-16-17(13-15)25-14-24-16;/h5-6,13H,3-4,7-12,14H2,1-2H3,(H2,19,20,21);1H. The molecule has 148 valence electrons. The Morgan fingerprint density at radius 2 is 2.00 bits per heavy atom. The molecule has 0 spiro atoms. The maximum atomic E-state index is 5.43. The molecule has 8 heteroatoms. The van der Waals surface area contributed by atoms with Crippen molar-refractivity contribution in [1.29, 1.82) is 0 Å². The minimum absolute atomic E-state index is 0. The number of halogens is 1. The van der Waals surface area contributed by atoms with E-state index in [4.69, 9.17) is 18.9 Å². The van der Waals surface area contributed by atoms with Gasteiger partial charge in [-0.2, -0.15) is 0 Å². The first kappa shape index (κ1) is 22.8. The molecule has 2 N–H and O–H groups in total. The predicted octanol–water partition coefficient (Wildman–Crippen LogP) is 2.18. The van der Waals surface area contributed by atoms with Gasteiger partial charge < -0.3 is 29.6 Å². The quantitative estimate of drug-likeness (QED) is 0.220. The van der Waals surface area contributed by atoms with E-state index in [2.05, 4.69) is 28.6 Å². The highest BCUT2D eigenvalue weighted by Crippen LogP contribution is 2.32. The summed E-state index contributed by atoms with van der Waals surface area (Å²) in [6, 6.07) is 6.06. The van der Waals surface area contributed by atoms with E-state index in [9.17, 15) is 0 Å². The second kappa shape index (κ2) is 13.9. The maximum absolute atomic E-state index is 5.43. The Kier molecular flexibility index (Phi) is 12.2. The lowest BCUT2D eigenvalue weighted by Crippen LogP contribution is -2.38. The smallest absolute Gasteiger partial charge is 0.231 e. The number of benzene rings is 1. The van der Waals surface area contributed by atoms with Crippen molar-refractivity contribution in [2.24, 2.45) is 4.99 Å². The molecule has 2 rings (SSSR count). The minimum Gasteiger partial charge on any atom is -0.454 e. The summed E-state index contributed by atoms with van der Waals surface area (Å²) in [5, 5.41) is 6.61. The van der Waals surface area contributed by atoms with E-state index in [0.29, 0.717) is 26.6 Å². The molecule has 0 bridgehead atoms. The van der Waals surface area contributed by atoms with E-state index in [0.717, 1.165) is 49.9 Å². The molecular formula is C18H30IN3O4. The van der Waals surface area contributed by atoms with Gasteiger partial charge in [-0.1, -0.05) is 6.07 Å². The van der Waals surface area contributed by atoms with Gasteiger partial charge in [0.15, 0.2) is 17.5 Å². The predicted molar refractivity (Wildman–Crippen MR) is 113 cm³/mol. The van der Waals surface area contributed by atoms with Crippen molar-refractivity contribution in [2.45, 2.75) is 19.8 Å². The molecule has 1 aromatic rings. The summed E-state index contributed by atoms with van der Waals surface area (Å²) < 4.78 is 21.1. The van der Waals surface area contributed by atoms with Crippen LogP contribution in [0.5, 0.6) is 11.5 Å². The SMILES string of the molecule is CCNC(=NCCCOCCOC)NCCc1ccc2c(c1)OCO2.I. The van der Waals surface area contributed by atoms with E-state index < -0.39 is 0 Å². The number of nitrogens with one attached hydrogen (secondary N) is 2. The summed E-state index contributed by atoms with van der Waals surface area (Å²) in [6.45, 7) is 6.69. The number of fused-ring (bicyclic) bond motifs is 1. The summed E-state index contributed by atoms with van der Waals surface area (Å²) in [6.07, 6.45) is 1.78. The second-order valence-corrected chi connectivity index (χ2v) is 5.58. The molecular weight excluding hydrogens is 449 g/mol. The number of guanidine groups is 1. The zero-order valence-corrected chi connectivity index (χ0v) is 17.9. The largest absolute Gasteiger partial charge is 0.454 e. The monoisotopic (exact) mass is 479 g/mol. The average Bonchev–Trinajstić information content (AvgIpc) is 3.08. The molecule has 1 aliphatic rings. The van der Waals surface area contributed by atoms with Gasteiger partial charge in [0.1, 0.15) is 0 Å². The molecule has 0 aliphatic carbocycles. The average molecular weight is 479 g/mol. The molecule has 0 radical (unpaired) electrons. The summed E-state index contributed by atoms with van der Waals surface area (Å²) >= 11 is 0. The fraction of sp³-hybridized carbons (Fsp3) is 0.611. The van der Waals surface area contributed by atoms with E-state index in [1.807, 2.05) is 12.1 Å². The van der Waals surface area contributed by atoms with Crippen LogP contribution >= 0.6 is 24.0 Å². The number of rotatable bonds is 11. The molecule has 7 nitrogen and oxygen atoms in total. The normalized spacial score (nSPS) is 12.6. The molecule has 0 saturated carbocycles. The molecule has 0 atom stereocenters. The van der Waals surface area contributed by atoms with E-state index in [1.54, 1.807) is 7.11 Å². The topological polar surface area (TPSA) is 73.3 Å². The lowest BCUT2D eigenvalue weighted by Gasteiger charge is -2.11. The van der Waals surface area contributed by atoms with Gasteiger partial charge >= 0.3 is 0 Å². The number of methoxy groups -OCH3 is 1. The van der Waals surface area contributed by atoms with Gasteiger partial charge in [0, 0.05) is 33.4 Å². The van der Waals surface area contributed by atoms with E-state index in [-0.39, 0.29) is 24.0 Å². The van der Waals surface area contributed by atoms with Crippen LogP contribution in [0.2, 0.25) is 0 Å². The first-order chi connectivity index (χ1) is 12.3. The van der Waals surface area contributed by atoms with Gasteiger partial charge in [0.2, 0.25) is 6.79 Å². The number of hydrogen-bond donors (Lipinski definition) is 2. The van der Waals surface area contributed by atoms with Crippen LogP contribution in [0.15, 0.2) is 23.2 Å². The lowest BCUT2D eigenvalue weighted by molar-refractivity contribution is 0.0702. The summed E-state index contributed by atoms with van der Waals surface area (Å²) in [7, 11) is 1.67. The number of nitrogens with zero attached hydrogens (tertiary/aromatic N) is 1. The highest BCUT2D eigenvalue weighted by atomic mass is 127. The van der Waals surface area contributed by atoms with Gasteiger partial charge in [-0.15, -0.1) is 24.0 Å². The Balaban J connectivity index is 0.00000338. The zero-order valence-electron chi connectivity index (χ0n) is 15.6. The van der Waals surface area contributed by atoms with Crippen LogP contribution < -0.4 is 20.1 Å². The van der Waals surface area contributed by atoms with Crippen molar-refractivity contribution >= 4 is 29.9 Å². The molecule has 0 aromatic heterocycles. The van der Waals surface area contributed by atoms with Crippen LogP contribution in [0.4, 0.5) is 0 Å². The molecule has 1 heterocycles. The number of ether oxygens (including phenoxy) is 4. The van der Waals surface area contributed by atoms with Gasteiger partial charge in [-0.3, -0.25) is 4.99 Å². The van der Waals surface area contributed by atoms with Crippen LogP contribution in [0.3, 0.4) is 0 Å². The highest BCUT2D eigenvalue weighted by molar-refractivity contribution is 14.0. The van der Waals surface area contributed by atoms with Crippen molar-refractivity contribution in [2.75, 3.05) is 53.4 Å². The highest BCUT2D eigenvalue weighted by Gasteiger charge is 2.12. The van der Waals surface area contributed by atoms with Crippen molar-refractivity contribution in [3.8, 4) is 11.5 Å². The molecule has 26 heavy (non-hydrogen) atoms. The lowest BCUT2D eigenvalue weighted by atomic mass is 10.1. The maximum Gasteiger partial charge on any atom is 0.231 e. The van der Waals surface area contributed by atoms with Gasteiger partial charge in [0.05, 0.1) is 13.2 Å². The first-order valence-electron chi connectivity index (χ1n) is 8.81.